The first-order chi connectivity index (χ1) is 6.90. The Bertz CT molecular complexity index is 308. The van der Waals surface area contributed by atoms with Crippen LogP contribution in [0.2, 0.25) is 0 Å². The zero-order valence-electron chi connectivity index (χ0n) is 7.81. The van der Waals surface area contributed by atoms with E-state index in [4.69, 9.17) is 0 Å². The van der Waals surface area contributed by atoms with Gasteiger partial charge in [0, 0.05) is 32.4 Å². The van der Waals surface area contributed by atoms with Gasteiger partial charge in [-0.25, -0.2) is 4.98 Å². The van der Waals surface area contributed by atoms with Crippen LogP contribution in [0.15, 0.2) is 18.3 Å². The lowest BCUT2D eigenvalue weighted by atomic mass is 10.3. The van der Waals surface area contributed by atoms with Gasteiger partial charge in [0.15, 0.2) is 8.46 Å². The van der Waals surface area contributed by atoms with E-state index in [2.05, 4.69) is 15.2 Å². The van der Waals surface area contributed by atoms with Crippen molar-refractivity contribution < 1.29 is 4.57 Å². The van der Waals surface area contributed by atoms with E-state index in [9.17, 15) is 4.57 Å². The Hall–Kier alpha value is -0.990. The first kappa shape index (κ1) is 9.56. The zero-order chi connectivity index (χ0) is 9.80. The van der Waals surface area contributed by atoms with E-state index in [1.807, 2.05) is 12.1 Å². The summed E-state index contributed by atoms with van der Waals surface area (Å²) < 4.78 is 10.5. The van der Waals surface area contributed by atoms with Crippen LogP contribution >= 0.6 is 8.46 Å². The SMILES string of the molecule is O=Pc1ccc(N2CCNCC2)nc1. The molecule has 0 aliphatic carbocycles. The lowest BCUT2D eigenvalue weighted by Gasteiger charge is -2.28. The highest BCUT2D eigenvalue weighted by atomic mass is 31.1. The van der Waals surface area contributed by atoms with Gasteiger partial charge in [-0.3, -0.25) is 4.57 Å². The third-order valence-corrected chi connectivity index (χ3v) is 2.75. The lowest BCUT2D eigenvalue weighted by Crippen LogP contribution is -2.43. The summed E-state index contributed by atoms with van der Waals surface area (Å²) >= 11 is 0. The molecule has 1 aromatic heterocycles. The van der Waals surface area contributed by atoms with Crippen LogP contribution in [0.25, 0.3) is 0 Å². The summed E-state index contributed by atoms with van der Waals surface area (Å²) in [5.74, 6) is 0.971. The highest BCUT2D eigenvalue weighted by Crippen LogP contribution is 2.09. The molecule has 1 fully saturated rings. The minimum atomic E-state index is 0.0365. The molecule has 1 aliphatic rings. The van der Waals surface area contributed by atoms with Gasteiger partial charge in [0.05, 0.1) is 5.30 Å². The minimum absolute atomic E-state index is 0.0365. The molecule has 1 aromatic rings. The second kappa shape index (κ2) is 4.49. The highest BCUT2D eigenvalue weighted by molar-refractivity contribution is 7.34. The molecule has 1 N–H and O–H groups in total. The predicted octanol–water partition coefficient (Wildman–Crippen LogP) is 0.408. The van der Waals surface area contributed by atoms with Crippen molar-refractivity contribution in [2.24, 2.45) is 0 Å². The molecule has 74 valence electrons. The van der Waals surface area contributed by atoms with Gasteiger partial charge in [-0.15, -0.1) is 0 Å². The second-order valence-corrected chi connectivity index (χ2v) is 3.90. The standard InChI is InChI=1S/C9H12N3OP/c13-14-8-1-2-9(11-7-8)12-5-3-10-4-6-12/h1-2,7,10H,3-6H2. The summed E-state index contributed by atoms with van der Waals surface area (Å²) in [6, 6.07) is 3.77. The first-order valence-electron chi connectivity index (χ1n) is 4.65. The molecule has 4 nitrogen and oxygen atoms in total. The van der Waals surface area contributed by atoms with Crippen molar-refractivity contribution in [2.45, 2.75) is 0 Å². The maximum atomic E-state index is 10.5. The number of anilines is 1. The number of hydrogen-bond acceptors (Lipinski definition) is 4. The van der Waals surface area contributed by atoms with Crippen molar-refractivity contribution in [3.63, 3.8) is 0 Å². The van der Waals surface area contributed by atoms with Crippen molar-refractivity contribution >= 4 is 19.6 Å². The van der Waals surface area contributed by atoms with Crippen LogP contribution in [-0.4, -0.2) is 31.2 Å². The molecule has 0 bridgehead atoms. The van der Waals surface area contributed by atoms with Crippen molar-refractivity contribution in [1.82, 2.24) is 10.3 Å². The molecule has 5 heteroatoms. The van der Waals surface area contributed by atoms with Crippen LogP contribution in [0.1, 0.15) is 0 Å². The number of pyridine rings is 1. The smallest absolute Gasteiger partial charge is 0.193 e. The fourth-order valence-electron chi connectivity index (χ4n) is 1.51. The first-order valence-corrected chi connectivity index (χ1v) is 5.46. The second-order valence-electron chi connectivity index (χ2n) is 3.20. The van der Waals surface area contributed by atoms with E-state index < -0.39 is 0 Å². The quantitative estimate of drug-likeness (QED) is 0.716. The van der Waals surface area contributed by atoms with Crippen LogP contribution in [0, 0.1) is 0 Å². The monoisotopic (exact) mass is 209 g/mol. The molecule has 0 saturated carbocycles. The van der Waals surface area contributed by atoms with Crippen LogP contribution in [0.3, 0.4) is 0 Å². The highest BCUT2D eigenvalue weighted by Gasteiger charge is 2.10. The van der Waals surface area contributed by atoms with Crippen LogP contribution < -0.4 is 15.5 Å². The molecule has 0 unspecified atom stereocenters. The van der Waals surface area contributed by atoms with E-state index in [0.29, 0.717) is 0 Å². The third-order valence-electron chi connectivity index (χ3n) is 2.28. The van der Waals surface area contributed by atoms with Gasteiger partial charge in [-0.2, -0.15) is 0 Å². The Morgan fingerprint density at radius 2 is 2.14 bits per heavy atom. The van der Waals surface area contributed by atoms with Gasteiger partial charge < -0.3 is 10.2 Å². The van der Waals surface area contributed by atoms with Gasteiger partial charge in [-0.1, -0.05) is 0 Å². The summed E-state index contributed by atoms with van der Waals surface area (Å²) in [7, 11) is 0.0365. The van der Waals surface area contributed by atoms with Gasteiger partial charge in [0.2, 0.25) is 0 Å². The number of nitrogens with one attached hydrogen (secondary N) is 1. The largest absolute Gasteiger partial charge is 0.354 e. The average Bonchev–Trinajstić information content (AvgIpc) is 2.30. The molecule has 1 aliphatic heterocycles. The summed E-state index contributed by atoms with van der Waals surface area (Å²) in [5.41, 5.74) is 0. The normalized spacial score (nSPS) is 17.3. The predicted molar refractivity (Wildman–Crippen MR) is 56.6 cm³/mol. The Kier molecular flexibility index (Phi) is 3.07. The van der Waals surface area contributed by atoms with Crippen molar-refractivity contribution in [2.75, 3.05) is 31.1 Å². The topological polar surface area (TPSA) is 45.2 Å². The van der Waals surface area contributed by atoms with Crippen LogP contribution in [0.5, 0.6) is 0 Å². The minimum Gasteiger partial charge on any atom is -0.354 e. The molecule has 2 heterocycles. The molecule has 0 spiro atoms. The van der Waals surface area contributed by atoms with Crippen LogP contribution in [0.4, 0.5) is 5.82 Å². The fraction of sp³-hybridized carbons (Fsp3) is 0.444. The average molecular weight is 209 g/mol. The van der Waals surface area contributed by atoms with Gasteiger partial charge in [-0.05, 0) is 12.1 Å². The Balaban J connectivity index is 2.11. The van der Waals surface area contributed by atoms with Crippen molar-refractivity contribution in [3.8, 4) is 0 Å². The van der Waals surface area contributed by atoms with Crippen LogP contribution in [-0.2, 0) is 4.57 Å². The molecule has 0 radical (unpaired) electrons. The molecular formula is C9H12N3OP. The summed E-state index contributed by atoms with van der Waals surface area (Å²) in [6.07, 6.45) is 1.66. The Morgan fingerprint density at radius 3 is 2.71 bits per heavy atom. The summed E-state index contributed by atoms with van der Waals surface area (Å²) in [4.78, 5) is 6.49. The molecule has 0 amide bonds. The molecule has 0 atom stereocenters. The summed E-state index contributed by atoms with van der Waals surface area (Å²) in [5, 5.41) is 4.01. The van der Waals surface area contributed by atoms with E-state index in [0.717, 1.165) is 37.3 Å². The third kappa shape index (κ3) is 2.08. The Labute approximate surface area is 84.5 Å². The lowest BCUT2D eigenvalue weighted by molar-refractivity contribution is 0.585. The molecule has 1 saturated heterocycles. The summed E-state index contributed by atoms with van der Waals surface area (Å²) in [6.45, 7) is 3.98. The van der Waals surface area contributed by atoms with Crippen molar-refractivity contribution in [3.05, 3.63) is 18.3 Å². The number of rotatable bonds is 2. The molecular weight excluding hydrogens is 197 g/mol. The molecule has 0 aromatic carbocycles. The zero-order valence-corrected chi connectivity index (χ0v) is 8.70. The van der Waals surface area contributed by atoms with Gasteiger partial charge in [0.25, 0.3) is 0 Å². The maximum absolute atomic E-state index is 10.5. The van der Waals surface area contributed by atoms with Gasteiger partial charge >= 0.3 is 0 Å². The van der Waals surface area contributed by atoms with E-state index in [1.54, 1.807) is 6.20 Å². The number of hydrogen-bond donors (Lipinski definition) is 1. The van der Waals surface area contributed by atoms with Gasteiger partial charge in [0.1, 0.15) is 5.82 Å². The number of aromatic nitrogens is 1. The number of nitrogens with zero attached hydrogens (tertiary/aromatic N) is 2. The Morgan fingerprint density at radius 1 is 1.36 bits per heavy atom. The van der Waals surface area contributed by atoms with E-state index >= 15 is 0 Å². The molecule has 2 rings (SSSR count). The van der Waals surface area contributed by atoms with E-state index in [-0.39, 0.29) is 8.46 Å². The molecule has 14 heavy (non-hydrogen) atoms. The maximum Gasteiger partial charge on any atom is 0.193 e. The van der Waals surface area contributed by atoms with Crippen molar-refractivity contribution in [1.29, 1.82) is 0 Å². The van der Waals surface area contributed by atoms with E-state index in [1.165, 1.54) is 0 Å². The number of piperazine rings is 1. The fourth-order valence-corrected chi connectivity index (χ4v) is 1.75.